The normalized spacial score (nSPS) is 8.54. The van der Waals surface area contributed by atoms with Crippen LogP contribution in [0.2, 0.25) is 0 Å². The Kier molecular flexibility index (Phi) is 6.30. The van der Waals surface area contributed by atoms with Gasteiger partial charge in [-0.3, -0.25) is 0 Å². The molecule has 3 nitrogen and oxygen atoms in total. The van der Waals surface area contributed by atoms with Gasteiger partial charge in [0.2, 0.25) is 0 Å². The van der Waals surface area contributed by atoms with Crippen LogP contribution in [-0.2, 0) is 14.3 Å². The van der Waals surface area contributed by atoms with Gasteiger partial charge in [-0.2, -0.15) is 0 Å². The molecule has 0 fully saturated rings. The van der Waals surface area contributed by atoms with Gasteiger partial charge < -0.3 is 9.47 Å². The first-order valence-corrected chi connectivity index (χ1v) is 3.69. The van der Waals surface area contributed by atoms with Gasteiger partial charge in [-0.15, -0.1) is 13.0 Å². The first kappa shape index (κ1) is 11.5. The molecule has 0 heterocycles. The van der Waals surface area contributed by atoms with Crippen LogP contribution in [0.1, 0.15) is 0 Å². The summed E-state index contributed by atoms with van der Waals surface area (Å²) < 4.78 is 9.58. The Hall–Kier alpha value is -1.53. The molecule has 0 aliphatic carbocycles. The van der Waals surface area contributed by atoms with Crippen molar-refractivity contribution in [3.63, 3.8) is 0 Å². The van der Waals surface area contributed by atoms with Crippen molar-refractivity contribution in [1.82, 2.24) is 0 Å². The number of rotatable bonds is 6. The van der Waals surface area contributed by atoms with E-state index in [0.717, 1.165) is 0 Å². The molecule has 0 saturated carbocycles. The number of carbonyl (C=O) groups excluding carboxylic acids is 1. The maximum absolute atomic E-state index is 11.0. The van der Waals surface area contributed by atoms with Gasteiger partial charge >= 0.3 is 5.97 Å². The molecule has 0 aliphatic rings. The second kappa shape index (κ2) is 7.14. The van der Waals surface area contributed by atoms with Crippen molar-refractivity contribution < 1.29 is 14.3 Å². The Morgan fingerprint density at radius 1 is 1.62 bits per heavy atom. The van der Waals surface area contributed by atoms with E-state index in [2.05, 4.69) is 23.8 Å². The van der Waals surface area contributed by atoms with E-state index in [4.69, 9.17) is 11.2 Å². The zero-order valence-corrected chi connectivity index (χ0v) is 7.41. The average Bonchev–Trinajstić information content (AvgIpc) is 2.14. The highest BCUT2D eigenvalue weighted by Crippen LogP contribution is 1.95. The molecule has 0 unspecified atom stereocenters. The Balaban J connectivity index is 3.64. The standard InChI is InChI=1S/C10H12O3/c1-4-6-12-8-9(3)10(11)13-7-5-2/h2,4H,1,3,6-8H2. The minimum Gasteiger partial charge on any atom is -0.449 e. The lowest BCUT2D eigenvalue weighted by Crippen LogP contribution is -2.12. The molecule has 0 N–H and O–H groups in total. The van der Waals surface area contributed by atoms with Gasteiger partial charge in [0.25, 0.3) is 0 Å². The molecular weight excluding hydrogens is 168 g/mol. The van der Waals surface area contributed by atoms with E-state index in [0.29, 0.717) is 6.61 Å². The predicted octanol–water partition coefficient (Wildman–Crippen LogP) is 0.922. The van der Waals surface area contributed by atoms with Crippen molar-refractivity contribution >= 4 is 5.97 Å². The zero-order chi connectivity index (χ0) is 10.1. The van der Waals surface area contributed by atoms with Gasteiger partial charge in [-0.1, -0.05) is 18.6 Å². The Labute approximate surface area is 78.0 Å². The van der Waals surface area contributed by atoms with Gasteiger partial charge in [0.05, 0.1) is 18.8 Å². The van der Waals surface area contributed by atoms with Crippen LogP contribution in [0.5, 0.6) is 0 Å². The lowest BCUT2D eigenvalue weighted by Gasteiger charge is -2.03. The molecule has 0 aromatic heterocycles. The molecule has 0 aromatic rings. The topological polar surface area (TPSA) is 35.5 Å². The Bertz CT molecular complexity index is 235. The number of carbonyl (C=O) groups is 1. The second-order valence-electron chi connectivity index (χ2n) is 2.19. The molecule has 0 radical (unpaired) electrons. The van der Waals surface area contributed by atoms with E-state index in [9.17, 15) is 4.79 Å². The Morgan fingerprint density at radius 3 is 2.85 bits per heavy atom. The van der Waals surface area contributed by atoms with Crippen LogP contribution in [0.25, 0.3) is 0 Å². The molecule has 70 valence electrons. The summed E-state index contributed by atoms with van der Waals surface area (Å²) in [4.78, 5) is 11.0. The van der Waals surface area contributed by atoms with Gasteiger partial charge in [-0.25, -0.2) is 4.79 Å². The molecule has 0 aromatic carbocycles. The Morgan fingerprint density at radius 2 is 2.31 bits per heavy atom. The maximum atomic E-state index is 11.0. The third-order valence-electron chi connectivity index (χ3n) is 1.09. The molecule has 0 saturated heterocycles. The summed E-state index contributed by atoms with van der Waals surface area (Å²) in [5.41, 5.74) is 0.247. The molecular formula is C10H12O3. The lowest BCUT2D eigenvalue weighted by atomic mass is 10.3. The van der Waals surface area contributed by atoms with Crippen molar-refractivity contribution in [3.8, 4) is 12.3 Å². The van der Waals surface area contributed by atoms with Crippen LogP contribution < -0.4 is 0 Å². The summed E-state index contributed by atoms with van der Waals surface area (Å²) in [6, 6.07) is 0. The van der Waals surface area contributed by atoms with Crippen LogP contribution in [0, 0.1) is 12.3 Å². The monoisotopic (exact) mass is 180 g/mol. The third kappa shape index (κ3) is 5.71. The first-order valence-electron chi connectivity index (χ1n) is 3.69. The zero-order valence-electron chi connectivity index (χ0n) is 7.41. The second-order valence-corrected chi connectivity index (χ2v) is 2.19. The molecule has 0 atom stereocenters. The highest BCUT2D eigenvalue weighted by molar-refractivity contribution is 5.88. The van der Waals surface area contributed by atoms with E-state index in [1.807, 2.05) is 0 Å². The summed E-state index contributed by atoms with van der Waals surface area (Å²) in [6.45, 7) is 7.40. The first-order chi connectivity index (χ1) is 6.22. The van der Waals surface area contributed by atoms with Crippen molar-refractivity contribution in [2.45, 2.75) is 0 Å². The molecule has 3 heteroatoms. The van der Waals surface area contributed by atoms with Crippen LogP contribution in [0.3, 0.4) is 0 Å². The smallest absolute Gasteiger partial charge is 0.336 e. The molecule has 0 aliphatic heterocycles. The summed E-state index contributed by atoms with van der Waals surface area (Å²) in [7, 11) is 0. The van der Waals surface area contributed by atoms with Gasteiger partial charge in [0.1, 0.15) is 0 Å². The number of esters is 1. The van der Waals surface area contributed by atoms with Gasteiger partial charge in [0, 0.05) is 0 Å². The number of hydrogen-bond donors (Lipinski definition) is 0. The largest absolute Gasteiger partial charge is 0.449 e. The van der Waals surface area contributed by atoms with Gasteiger partial charge in [-0.05, 0) is 0 Å². The number of ether oxygens (including phenoxy) is 2. The number of hydrogen-bond acceptors (Lipinski definition) is 3. The molecule has 13 heavy (non-hydrogen) atoms. The van der Waals surface area contributed by atoms with Crippen LogP contribution in [0.4, 0.5) is 0 Å². The minimum atomic E-state index is -0.526. The molecule has 0 bridgehead atoms. The van der Waals surface area contributed by atoms with E-state index in [-0.39, 0.29) is 18.8 Å². The summed E-state index contributed by atoms with van der Waals surface area (Å²) >= 11 is 0. The summed E-state index contributed by atoms with van der Waals surface area (Å²) in [5.74, 6) is 1.65. The van der Waals surface area contributed by atoms with E-state index < -0.39 is 5.97 Å². The van der Waals surface area contributed by atoms with E-state index >= 15 is 0 Å². The SMILES string of the molecule is C#CCOC(=O)C(=C)COCC=C. The fourth-order valence-corrected chi connectivity index (χ4v) is 0.534. The average molecular weight is 180 g/mol. The molecule has 0 amide bonds. The lowest BCUT2D eigenvalue weighted by molar-refractivity contribution is -0.138. The van der Waals surface area contributed by atoms with E-state index in [1.165, 1.54) is 0 Å². The van der Waals surface area contributed by atoms with Crippen molar-refractivity contribution in [1.29, 1.82) is 0 Å². The van der Waals surface area contributed by atoms with Crippen LogP contribution in [-0.4, -0.2) is 25.8 Å². The van der Waals surface area contributed by atoms with Crippen molar-refractivity contribution in [2.24, 2.45) is 0 Å². The maximum Gasteiger partial charge on any atom is 0.336 e. The van der Waals surface area contributed by atoms with Crippen LogP contribution >= 0.6 is 0 Å². The molecule has 0 rings (SSSR count). The van der Waals surface area contributed by atoms with Crippen molar-refractivity contribution in [3.05, 3.63) is 24.8 Å². The predicted molar refractivity (Wildman–Crippen MR) is 49.9 cm³/mol. The third-order valence-corrected chi connectivity index (χ3v) is 1.09. The quantitative estimate of drug-likeness (QED) is 0.200. The van der Waals surface area contributed by atoms with Gasteiger partial charge in [0.15, 0.2) is 6.61 Å². The summed E-state index contributed by atoms with van der Waals surface area (Å²) in [6.07, 6.45) is 6.48. The molecule has 0 spiro atoms. The number of terminal acetylenes is 1. The highest BCUT2D eigenvalue weighted by atomic mass is 16.5. The highest BCUT2D eigenvalue weighted by Gasteiger charge is 2.06. The van der Waals surface area contributed by atoms with Crippen LogP contribution in [0.15, 0.2) is 24.8 Å². The minimum absolute atomic E-state index is 0.0423. The van der Waals surface area contributed by atoms with Crippen molar-refractivity contribution in [2.75, 3.05) is 19.8 Å². The fraction of sp³-hybridized carbons (Fsp3) is 0.300. The fourth-order valence-electron chi connectivity index (χ4n) is 0.534. The van der Waals surface area contributed by atoms with E-state index in [1.54, 1.807) is 6.08 Å². The summed E-state index contributed by atoms with van der Waals surface area (Å²) in [5, 5.41) is 0.